The number of likely N-dealkylation sites (tertiary alicyclic amines) is 1. The average molecular weight is 503 g/mol. The molecule has 194 valence electrons. The van der Waals surface area contributed by atoms with Crippen molar-refractivity contribution < 1.29 is 14.3 Å². The molecule has 3 aromatic rings. The highest BCUT2D eigenvalue weighted by Gasteiger charge is 2.55. The molecule has 2 fully saturated rings. The second-order valence-corrected chi connectivity index (χ2v) is 11.1. The number of rotatable bonds is 6. The summed E-state index contributed by atoms with van der Waals surface area (Å²) in [6.45, 7) is 2.51. The first-order chi connectivity index (χ1) is 17.9. The van der Waals surface area contributed by atoms with E-state index in [-0.39, 0.29) is 11.6 Å². The van der Waals surface area contributed by atoms with Gasteiger partial charge in [0.25, 0.3) is 0 Å². The molecular formula is C30H35FN4O2. The summed E-state index contributed by atoms with van der Waals surface area (Å²) in [5, 5.41) is 16.4. The lowest BCUT2D eigenvalue weighted by molar-refractivity contribution is -0.126. The van der Waals surface area contributed by atoms with Crippen LogP contribution in [0.2, 0.25) is 0 Å². The van der Waals surface area contributed by atoms with Gasteiger partial charge in [0.05, 0.1) is 6.04 Å². The van der Waals surface area contributed by atoms with Gasteiger partial charge >= 0.3 is 0 Å². The van der Waals surface area contributed by atoms with Gasteiger partial charge in [-0.25, -0.2) is 4.39 Å². The Balaban J connectivity index is 1.25. The van der Waals surface area contributed by atoms with Gasteiger partial charge in [-0.1, -0.05) is 36.4 Å². The van der Waals surface area contributed by atoms with Gasteiger partial charge in [-0.2, -0.15) is 0 Å². The fourth-order valence-corrected chi connectivity index (χ4v) is 6.89. The van der Waals surface area contributed by atoms with Gasteiger partial charge in [-0.05, 0) is 79.5 Å². The maximum Gasteiger partial charge on any atom is 0.177 e. The molecular weight excluding hydrogens is 467 g/mol. The van der Waals surface area contributed by atoms with Crippen molar-refractivity contribution in [3.8, 4) is 0 Å². The SMILES string of the molecule is CN(C)C[C@@H](O)NC1CN(c2ccc(F)cc2)C2(CCN([C@@H]3Cc4cccc5cccc3c45)CC2)C1=O. The van der Waals surface area contributed by atoms with Gasteiger partial charge in [0, 0.05) is 37.9 Å². The van der Waals surface area contributed by atoms with Crippen molar-refractivity contribution in [3.63, 3.8) is 0 Å². The highest BCUT2D eigenvalue weighted by atomic mass is 19.1. The highest BCUT2D eigenvalue weighted by Crippen LogP contribution is 2.45. The van der Waals surface area contributed by atoms with E-state index in [9.17, 15) is 14.3 Å². The number of aliphatic hydroxyl groups is 1. The molecule has 0 aromatic heterocycles. The minimum absolute atomic E-state index is 0.131. The van der Waals surface area contributed by atoms with Crippen LogP contribution < -0.4 is 10.2 Å². The number of likely N-dealkylation sites (N-methyl/N-ethyl adjacent to an activating group) is 1. The maximum absolute atomic E-state index is 14.0. The topological polar surface area (TPSA) is 59.1 Å². The summed E-state index contributed by atoms with van der Waals surface area (Å²) in [7, 11) is 3.79. The number of nitrogens with zero attached hydrogens (tertiary/aromatic N) is 3. The molecule has 3 atom stereocenters. The fourth-order valence-electron chi connectivity index (χ4n) is 6.89. The first kappa shape index (κ1) is 24.5. The van der Waals surface area contributed by atoms with Gasteiger partial charge in [0.15, 0.2) is 5.78 Å². The van der Waals surface area contributed by atoms with Crippen LogP contribution in [0.4, 0.5) is 10.1 Å². The van der Waals surface area contributed by atoms with Crippen LogP contribution in [-0.2, 0) is 11.2 Å². The number of piperidine rings is 1. The standard InChI is InChI=1S/C30H35FN4O2/c1-33(2)19-27(36)32-25-18-35(23-11-9-22(31)10-12-23)30(29(25)37)13-15-34(16-14-30)26-17-21-7-3-5-20-6-4-8-24(26)28(20)21/h3-12,25-27,32,36H,13-19H2,1-2H3/t25?,26-,27-/m1/s1. The molecule has 3 aromatic carbocycles. The lowest BCUT2D eigenvalue weighted by Crippen LogP contribution is -2.57. The van der Waals surface area contributed by atoms with Crippen LogP contribution >= 0.6 is 0 Å². The van der Waals surface area contributed by atoms with Crippen molar-refractivity contribution in [2.24, 2.45) is 0 Å². The second-order valence-electron chi connectivity index (χ2n) is 11.1. The quantitative estimate of drug-likeness (QED) is 0.505. The van der Waals surface area contributed by atoms with Crippen LogP contribution in [0.15, 0.2) is 60.7 Å². The third-order valence-corrected chi connectivity index (χ3v) is 8.59. The maximum atomic E-state index is 14.0. The molecule has 1 spiro atoms. The molecule has 0 radical (unpaired) electrons. The predicted octanol–water partition coefficient (Wildman–Crippen LogP) is 3.34. The summed E-state index contributed by atoms with van der Waals surface area (Å²) in [5.74, 6) is -0.157. The summed E-state index contributed by atoms with van der Waals surface area (Å²) in [6, 6.07) is 19.5. The van der Waals surface area contributed by atoms with Crippen LogP contribution in [0.5, 0.6) is 0 Å². The zero-order valence-electron chi connectivity index (χ0n) is 21.5. The molecule has 37 heavy (non-hydrogen) atoms. The van der Waals surface area contributed by atoms with Crippen LogP contribution in [0.25, 0.3) is 10.8 Å². The lowest BCUT2D eigenvalue weighted by Gasteiger charge is -2.46. The van der Waals surface area contributed by atoms with E-state index in [1.54, 1.807) is 12.1 Å². The Morgan fingerprint density at radius 2 is 1.78 bits per heavy atom. The molecule has 2 aliphatic heterocycles. The first-order valence-electron chi connectivity index (χ1n) is 13.3. The van der Waals surface area contributed by atoms with E-state index in [0.717, 1.165) is 25.2 Å². The van der Waals surface area contributed by atoms with E-state index in [2.05, 4.69) is 51.5 Å². The number of nitrogens with one attached hydrogen (secondary N) is 1. The minimum atomic E-state index is -0.799. The summed E-state index contributed by atoms with van der Waals surface area (Å²) in [5.41, 5.74) is 2.99. The van der Waals surface area contributed by atoms with Gasteiger partial charge in [-0.3, -0.25) is 15.0 Å². The summed E-state index contributed by atoms with van der Waals surface area (Å²) in [6.07, 6.45) is 1.61. The van der Waals surface area contributed by atoms with Gasteiger partial charge in [0.2, 0.25) is 0 Å². The number of halogens is 1. The van der Waals surface area contributed by atoms with Crippen molar-refractivity contribution in [1.82, 2.24) is 15.1 Å². The first-order valence-corrected chi connectivity index (χ1v) is 13.3. The molecule has 0 saturated carbocycles. The van der Waals surface area contributed by atoms with Crippen molar-refractivity contribution in [3.05, 3.63) is 77.6 Å². The van der Waals surface area contributed by atoms with E-state index in [1.165, 1.54) is 34.0 Å². The molecule has 6 nitrogen and oxygen atoms in total. The van der Waals surface area contributed by atoms with Gasteiger partial charge < -0.3 is 14.9 Å². The van der Waals surface area contributed by atoms with E-state index in [4.69, 9.17) is 0 Å². The molecule has 2 N–H and O–H groups in total. The summed E-state index contributed by atoms with van der Waals surface area (Å²) < 4.78 is 13.7. The third-order valence-electron chi connectivity index (χ3n) is 8.59. The number of carbonyl (C=O) groups excluding carboxylic acids is 1. The number of ketones is 1. The average Bonchev–Trinajstić information content (AvgIpc) is 3.38. The Labute approximate surface area is 217 Å². The van der Waals surface area contributed by atoms with Crippen LogP contribution in [0.3, 0.4) is 0 Å². The Morgan fingerprint density at radius 3 is 2.49 bits per heavy atom. The Kier molecular flexibility index (Phi) is 6.27. The van der Waals surface area contributed by atoms with E-state index in [0.29, 0.717) is 32.0 Å². The molecule has 7 heteroatoms. The second kappa shape index (κ2) is 9.48. The van der Waals surface area contributed by atoms with E-state index in [1.807, 2.05) is 19.0 Å². The molecule has 0 bridgehead atoms. The van der Waals surface area contributed by atoms with Crippen molar-refractivity contribution in [2.45, 2.75) is 43.1 Å². The summed E-state index contributed by atoms with van der Waals surface area (Å²) in [4.78, 5) is 20.6. The smallest absolute Gasteiger partial charge is 0.177 e. The number of aliphatic hydroxyl groups excluding tert-OH is 1. The Morgan fingerprint density at radius 1 is 1.08 bits per heavy atom. The van der Waals surface area contributed by atoms with Crippen LogP contribution in [0.1, 0.15) is 30.0 Å². The number of benzene rings is 3. The Bertz CT molecular complexity index is 1300. The molecule has 1 aliphatic carbocycles. The van der Waals surface area contributed by atoms with Crippen molar-refractivity contribution in [2.75, 3.05) is 45.2 Å². The number of hydrogen-bond acceptors (Lipinski definition) is 6. The molecule has 6 rings (SSSR count). The van der Waals surface area contributed by atoms with Crippen LogP contribution in [-0.4, -0.2) is 78.8 Å². The van der Waals surface area contributed by atoms with E-state index >= 15 is 0 Å². The molecule has 0 amide bonds. The van der Waals surface area contributed by atoms with Gasteiger partial charge in [-0.15, -0.1) is 0 Å². The van der Waals surface area contributed by atoms with Crippen molar-refractivity contribution >= 4 is 22.2 Å². The summed E-state index contributed by atoms with van der Waals surface area (Å²) >= 11 is 0. The number of Topliss-reactive ketones (excluding diaryl/α,β-unsaturated/α-hetero) is 1. The van der Waals surface area contributed by atoms with Crippen molar-refractivity contribution in [1.29, 1.82) is 0 Å². The minimum Gasteiger partial charge on any atom is -0.377 e. The number of hydrogen-bond donors (Lipinski definition) is 2. The zero-order chi connectivity index (χ0) is 25.7. The largest absolute Gasteiger partial charge is 0.377 e. The molecule has 1 unspecified atom stereocenters. The molecule has 2 saturated heterocycles. The lowest BCUT2D eigenvalue weighted by atomic mass is 9.82. The monoisotopic (exact) mass is 502 g/mol. The highest BCUT2D eigenvalue weighted by molar-refractivity contribution is 6.00. The number of anilines is 1. The zero-order valence-corrected chi connectivity index (χ0v) is 21.5. The van der Waals surface area contributed by atoms with Crippen LogP contribution in [0, 0.1) is 5.82 Å². The number of carbonyl (C=O) groups is 1. The van der Waals surface area contributed by atoms with E-state index < -0.39 is 17.8 Å². The predicted molar refractivity (Wildman–Crippen MR) is 144 cm³/mol. The third kappa shape index (κ3) is 4.24. The van der Waals surface area contributed by atoms with Gasteiger partial charge in [0.1, 0.15) is 17.6 Å². The molecule has 3 aliphatic rings. The molecule has 2 heterocycles. The Hall–Kier alpha value is -2.84. The fraction of sp³-hybridized carbons (Fsp3) is 0.433. The normalized spacial score (nSPS) is 24.0.